The zero-order chi connectivity index (χ0) is 9.26. The minimum absolute atomic E-state index is 0.0813. The zero-order valence-electron chi connectivity index (χ0n) is 7.05. The van der Waals surface area contributed by atoms with E-state index in [9.17, 15) is 4.79 Å². The Morgan fingerprint density at radius 2 is 2.46 bits per heavy atom. The van der Waals surface area contributed by atoms with Crippen LogP contribution < -0.4 is 5.32 Å². The average molecular weight is 200 g/mol. The van der Waals surface area contributed by atoms with Crippen LogP contribution in [0.1, 0.15) is 12.2 Å². The molecule has 1 fully saturated rings. The largest absolute Gasteiger partial charge is 0.450 e. The van der Waals surface area contributed by atoms with Crippen LogP contribution in [-0.2, 0) is 11.2 Å². The van der Waals surface area contributed by atoms with Gasteiger partial charge in [0.25, 0.3) is 0 Å². The summed E-state index contributed by atoms with van der Waals surface area (Å²) in [6.07, 6.45) is 1.23. The van der Waals surface area contributed by atoms with Crippen molar-refractivity contribution in [2.24, 2.45) is 0 Å². The molecule has 1 aliphatic heterocycles. The second-order valence-electron chi connectivity index (χ2n) is 3.13. The monoisotopic (exact) mass is 199 g/mol. The minimum Gasteiger partial charge on any atom is -0.450 e. The van der Waals surface area contributed by atoms with E-state index in [1.54, 1.807) is 12.1 Å². The number of Topliss-reactive ketones (excluding diaryl/α,β-unsaturated/α-hetero) is 1. The van der Waals surface area contributed by atoms with Gasteiger partial charge in [-0.25, -0.2) is 0 Å². The maximum Gasteiger partial charge on any atom is 0.193 e. The van der Waals surface area contributed by atoms with E-state index in [-0.39, 0.29) is 11.8 Å². The lowest BCUT2D eigenvalue weighted by Gasteiger charge is -2.05. The smallest absolute Gasteiger partial charge is 0.193 e. The highest BCUT2D eigenvalue weighted by Gasteiger charge is 2.24. The van der Waals surface area contributed by atoms with Crippen molar-refractivity contribution >= 4 is 17.4 Å². The fourth-order valence-electron chi connectivity index (χ4n) is 1.51. The van der Waals surface area contributed by atoms with Crippen LogP contribution in [0.4, 0.5) is 0 Å². The standard InChI is InChI=1S/C9H10ClNO2/c10-9-2-1-6(13-9)5-7-8(12)3-4-11-7/h1-2,7,11H,3-5H2. The maximum absolute atomic E-state index is 11.2. The third-order valence-corrected chi connectivity index (χ3v) is 2.39. The van der Waals surface area contributed by atoms with Gasteiger partial charge in [-0.05, 0) is 23.7 Å². The Kier molecular flexibility index (Phi) is 2.38. The van der Waals surface area contributed by atoms with E-state index < -0.39 is 0 Å². The summed E-state index contributed by atoms with van der Waals surface area (Å²) in [7, 11) is 0. The van der Waals surface area contributed by atoms with Gasteiger partial charge in [0.2, 0.25) is 0 Å². The Bertz CT molecular complexity index is 321. The van der Waals surface area contributed by atoms with Gasteiger partial charge in [0.15, 0.2) is 11.0 Å². The fourth-order valence-corrected chi connectivity index (χ4v) is 1.67. The molecule has 1 atom stereocenters. The van der Waals surface area contributed by atoms with E-state index in [0.29, 0.717) is 18.1 Å². The molecule has 0 bridgehead atoms. The normalized spacial score (nSPS) is 22.5. The van der Waals surface area contributed by atoms with Crippen LogP contribution >= 0.6 is 11.6 Å². The van der Waals surface area contributed by atoms with Crippen LogP contribution in [0.15, 0.2) is 16.5 Å². The SMILES string of the molecule is O=C1CCNC1Cc1ccc(Cl)o1. The van der Waals surface area contributed by atoms with Gasteiger partial charge >= 0.3 is 0 Å². The molecule has 0 amide bonds. The Morgan fingerprint density at radius 1 is 1.62 bits per heavy atom. The number of nitrogens with one attached hydrogen (secondary N) is 1. The molecule has 4 heteroatoms. The summed E-state index contributed by atoms with van der Waals surface area (Å²) in [4.78, 5) is 11.2. The van der Waals surface area contributed by atoms with Crippen molar-refractivity contribution in [3.8, 4) is 0 Å². The molecule has 2 heterocycles. The lowest BCUT2D eigenvalue weighted by molar-refractivity contribution is -0.118. The molecule has 1 aromatic rings. The van der Waals surface area contributed by atoms with Gasteiger partial charge in [-0.3, -0.25) is 4.79 Å². The van der Waals surface area contributed by atoms with Crippen molar-refractivity contribution < 1.29 is 9.21 Å². The third-order valence-electron chi connectivity index (χ3n) is 2.18. The predicted molar refractivity (Wildman–Crippen MR) is 48.8 cm³/mol. The maximum atomic E-state index is 11.2. The number of furan rings is 1. The van der Waals surface area contributed by atoms with Crippen LogP contribution in [-0.4, -0.2) is 18.4 Å². The quantitative estimate of drug-likeness (QED) is 0.783. The van der Waals surface area contributed by atoms with Crippen LogP contribution in [0.25, 0.3) is 0 Å². The van der Waals surface area contributed by atoms with Gasteiger partial charge in [0.05, 0.1) is 6.04 Å². The molecule has 1 unspecified atom stereocenters. The lowest BCUT2D eigenvalue weighted by Crippen LogP contribution is -2.29. The van der Waals surface area contributed by atoms with E-state index in [1.807, 2.05) is 0 Å². The third kappa shape index (κ3) is 1.92. The van der Waals surface area contributed by atoms with Crippen molar-refractivity contribution in [1.29, 1.82) is 0 Å². The Morgan fingerprint density at radius 3 is 3.00 bits per heavy atom. The Hall–Kier alpha value is -0.800. The van der Waals surface area contributed by atoms with E-state index in [2.05, 4.69) is 5.32 Å². The number of halogens is 1. The molecule has 13 heavy (non-hydrogen) atoms. The molecular formula is C9H10ClNO2. The zero-order valence-corrected chi connectivity index (χ0v) is 7.80. The molecular weight excluding hydrogens is 190 g/mol. The highest BCUT2D eigenvalue weighted by Crippen LogP contribution is 2.16. The van der Waals surface area contributed by atoms with Gasteiger partial charge < -0.3 is 9.73 Å². The molecule has 0 aliphatic carbocycles. The lowest BCUT2D eigenvalue weighted by atomic mass is 10.1. The Labute approximate surface area is 81.1 Å². The number of hydrogen-bond donors (Lipinski definition) is 1. The molecule has 3 nitrogen and oxygen atoms in total. The van der Waals surface area contributed by atoms with Gasteiger partial charge in [0.1, 0.15) is 5.76 Å². The summed E-state index contributed by atoms with van der Waals surface area (Å²) in [6.45, 7) is 0.776. The molecule has 1 aromatic heterocycles. The predicted octanol–water partition coefficient (Wildman–Crippen LogP) is 1.41. The molecule has 1 N–H and O–H groups in total. The van der Waals surface area contributed by atoms with Crippen LogP contribution in [0.2, 0.25) is 5.22 Å². The first-order valence-electron chi connectivity index (χ1n) is 4.26. The van der Waals surface area contributed by atoms with Crippen LogP contribution in [0, 0.1) is 0 Å². The average Bonchev–Trinajstić information content (AvgIpc) is 2.64. The summed E-state index contributed by atoms with van der Waals surface area (Å²) in [6, 6.07) is 3.41. The second-order valence-corrected chi connectivity index (χ2v) is 3.51. The van der Waals surface area contributed by atoms with Crippen LogP contribution in [0.5, 0.6) is 0 Å². The van der Waals surface area contributed by atoms with Gasteiger partial charge in [0, 0.05) is 19.4 Å². The summed E-state index contributed by atoms with van der Waals surface area (Å²) < 4.78 is 5.17. The van der Waals surface area contributed by atoms with Gasteiger partial charge in [-0.2, -0.15) is 0 Å². The van der Waals surface area contributed by atoms with Crippen LogP contribution in [0.3, 0.4) is 0 Å². The van der Waals surface area contributed by atoms with Crippen molar-refractivity contribution in [3.05, 3.63) is 23.1 Å². The van der Waals surface area contributed by atoms with Gasteiger partial charge in [-0.15, -0.1) is 0 Å². The van der Waals surface area contributed by atoms with E-state index >= 15 is 0 Å². The molecule has 2 rings (SSSR count). The van der Waals surface area contributed by atoms with E-state index in [0.717, 1.165) is 12.3 Å². The fraction of sp³-hybridized carbons (Fsp3) is 0.444. The molecule has 1 saturated heterocycles. The minimum atomic E-state index is -0.0813. The first-order valence-corrected chi connectivity index (χ1v) is 4.64. The van der Waals surface area contributed by atoms with E-state index in [4.69, 9.17) is 16.0 Å². The highest BCUT2D eigenvalue weighted by atomic mass is 35.5. The van der Waals surface area contributed by atoms with Crippen molar-refractivity contribution in [3.63, 3.8) is 0 Å². The summed E-state index contributed by atoms with van der Waals surface area (Å²) in [5, 5.41) is 3.49. The first kappa shape index (κ1) is 8.78. The Balaban J connectivity index is 2.01. The van der Waals surface area contributed by atoms with Gasteiger partial charge in [-0.1, -0.05) is 0 Å². The first-order chi connectivity index (χ1) is 6.25. The number of carbonyl (C=O) groups is 1. The summed E-state index contributed by atoms with van der Waals surface area (Å²) in [5.74, 6) is 1.02. The summed E-state index contributed by atoms with van der Waals surface area (Å²) >= 11 is 5.61. The molecule has 0 aromatic carbocycles. The van der Waals surface area contributed by atoms with Crippen molar-refractivity contribution in [2.75, 3.05) is 6.54 Å². The molecule has 0 spiro atoms. The number of rotatable bonds is 2. The molecule has 1 aliphatic rings. The topological polar surface area (TPSA) is 42.2 Å². The highest BCUT2D eigenvalue weighted by molar-refractivity contribution is 6.28. The number of hydrogen-bond acceptors (Lipinski definition) is 3. The van der Waals surface area contributed by atoms with Crippen molar-refractivity contribution in [2.45, 2.75) is 18.9 Å². The number of ketones is 1. The molecule has 70 valence electrons. The molecule has 0 saturated carbocycles. The summed E-state index contributed by atoms with van der Waals surface area (Å²) in [5.41, 5.74) is 0. The number of carbonyl (C=O) groups excluding carboxylic acids is 1. The molecule has 0 radical (unpaired) electrons. The van der Waals surface area contributed by atoms with Crippen molar-refractivity contribution in [1.82, 2.24) is 5.32 Å². The van der Waals surface area contributed by atoms with E-state index in [1.165, 1.54) is 0 Å². The second kappa shape index (κ2) is 3.52.